The number of hydrogen-bond donors (Lipinski definition) is 1. The molecule has 2 N–H and O–H groups in total. The Kier molecular flexibility index (Phi) is 5.47. The molecule has 0 radical (unpaired) electrons. The molecule has 1 saturated carbocycles. The summed E-state index contributed by atoms with van der Waals surface area (Å²) < 4.78 is 39.1. The highest BCUT2D eigenvalue weighted by Crippen LogP contribution is 2.47. The Labute approximate surface area is 195 Å². The van der Waals surface area contributed by atoms with E-state index >= 15 is 0 Å². The molecule has 2 heterocycles. The molecule has 5 rings (SSSR count). The Bertz CT molecular complexity index is 1230. The summed E-state index contributed by atoms with van der Waals surface area (Å²) in [5.41, 5.74) is 6.25. The van der Waals surface area contributed by atoms with Crippen molar-refractivity contribution in [3.05, 3.63) is 71.9 Å². The smallest absolute Gasteiger partial charge is 0.257 e. The van der Waals surface area contributed by atoms with E-state index in [0.29, 0.717) is 37.0 Å². The molecule has 0 bridgehead atoms. The molecule has 7 nitrogen and oxygen atoms in total. The average molecular weight is 466 g/mol. The van der Waals surface area contributed by atoms with E-state index in [4.69, 9.17) is 15.2 Å². The molecule has 1 aliphatic heterocycles. The number of hydrogen-bond acceptors (Lipinski definition) is 6. The van der Waals surface area contributed by atoms with E-state index in [-0.39, 0.29) is 28.6 Å². The Morgan fingerprint density at radius 3 is 2.47 bits per heavy atom. The second kappa shape index (κ2) is 8.48. The fourth-order valence-electron chi connectivity index (χ4n) is 4.44. The number of aromatic nitrogens is 1. The SMILES string of the molecule is COc1cc(N)ncc1N1CCN(C(=O)c2ccc(Oc3ccc(F)cc3)cc2F)C2(CC2)C1. The van der Waals surface area contributed by atoms with Crippen LogP contribution in [-0.2, 0) is 0 Å². The predicted octanol–water partition coefficient (Wildman–Crippen LogP) is 4.24. The fraction of sp³-hybridized carbons (Fsp3) is 0.280. The van der Waals surface area contributed by atoms with E-state index < -0.39 is 5.82 Å². The molecule has 9 heteroatoms. The molecule has 1 spiro atoms. The van der Waals surface area contributed by atoms with Gasteiger partial charge in [-0.15, -0.1) is 0 Å². The third-order valence-electron chi connectivity index (χ3n) is 6.37. The summed E-state index contributed by atoms with van der Waals surface area (Å²) in [6.07, 6.45) is 3.36. The van der Waals surface area contributed by atoms with Gasteiger partial charge in [0.2, 0.25) is 0 Å². The van der Waals surface area contributed by atoms with Gasteiger partial charge >= 0.3 is 0 Å². The summed E-state index contributed by atoms with van der Waals surface area (Å²) in [6.45, 7) is 1.61. The number of carbonyl (C=O) groups is 1. The maximum Gasteiger partial charge on any atom is 0.257 e. The van der Waals surface area contributed by atoms with Crippen LogP contribution in [0, 0.1) is 11.6 Å². The Morgan fingerprint density at radius 2 is 1.79 bits per heavy atom. The number of nitrogen functional groups attached to an aromatic ring is 1. The van der Waals surface area contributed by atoms with E-state index in [2.05, 4.69) is 9.88 Å². The van der Waals surface area contributed by atoms with Gasteiger partial charge in [0.15, 0.2) is 0 Å². The van der Waals surface area contributed by atoms with Crippen molar-refractivity contribution in [3.8, 4) is 17.2 Å². The van der Waals surface area contributed by atoms with E-state index in [1.165, 1.54) is 36.4 Å². The van der Waals surface area contributed by atoms with Crippen LogP contribution >= 0.6 is 0 Å². The van der Waals surface area contributed by atoms with Crippen LogP contribution in [0.25, 0.3) is 0 Å². The molecule has 2 fully saturated rings. The molecular formula is C25H24F2N4O3. The summed E-state index contributed by atoms with van der Waals surface area (Å²) in [4.78, 5) is 21.4. The summed E-state index contributed by atoms with van der Waals surface area (Å²) >= 11 is 0. The van der Waals surface area contributed by atoms with Gasteiger partial charge < -0.3 is 25.0 Å². The lowest BCUT2D eigenvalue weighted by molar-refractivity contribution is 0.0619. The number of halogens is 2. The quantitative estimate of drug-likeness (QED) is 0.606. The highest BCUT2D eigenvalue weighted by Gasteiger charge is 2.53. The summed E-state index contributed by atoms with van der Waals surface area (Å²) in [7, 11) is 1.58. The number of ether oxygens (including phenoxy) is 2. The van der Waals surface area contributed by atoms with Gasteiger partial charge in [0.05, 0.1) is 30.1 Å². The topological polar surface area (TPSA) is 80.9 Å². The largest absolute Gasteiger partial charge is 0.494 e. The number of pyridine rings is 1. The second-order valence-electron chi connectivity index (χ2n) is 8.58. The summed E-state index contributed by atoms with van der Waals surface area (Å²) in [6, 6.07) is 11.3. The molecule has 34 heavy (non-hydrogen) atoms. The number of anilines is 2. The average Bonchev–Trinajstić information content (AvgIpc) is 3.59. The van der Waals surface area contributed by atoms with Crippen LogP contribution in [0.5, 0.6) is 17.2 Å². The number of methoxy groups -OCH3 is 1. The van der Waals surface area contributed by atoms with Crippen LogP contribution in [0.4, 0.5) is 20.3 Å². The van der Waals surface area contributed by atoms with E-state index in [1.54, 1.807) is 30.3 Å². The van der Waals surface area contributed by atoms with Gasteiger partial charge in [-0.3, -0.25) is 4.79 Å². The van der Waals surface area contributed by atoms with E-state index in [0.717, 1.165) is 18.5 Å². The van der Waals surface area contributed by atoms with Crippen LogP contribution < -0.4 is 20.1 Å². The highest BCUT2D eigenvalue weighted by molar-refractivity contribution is 5.95. The molecule has 1 aromatic heterocycles. The third kappa shape index (κ3) is 4.09. The first-order chi connectivity index (χ1) is 16.4. The maximum absolute atomic E-state index is 14.9. The maximum atomic E-state index is 14.9. The van der Waals surface area contributed by atoms with Crippen LogP contribution in [0.15, 0.2) is 54.7 Å². The van der Waals surface area contributed by atoms with Gasteiger partial charge in [0, 0.05) is 31.8 Å². The van der Waals surface area contributed by atoms with Crippen molar-refractivity contribution >= 4 is 17.4 Å². The van der Waals surface area contributed by atoms with Crippen molar-refractivity contribution in [2.45, 2.75) is 18.4 Å². The molecule has 1 aliphatic carbocycles. The Balaban J connectivity index is 1.32. The normalized spacial score (nSPS) is 16.4. The third-order valence-corrected chi connectivity index (χ3v) is 6.37. The summed E-state index contributed by atoms with van der Waals surface area (Å²) in [5.74, 6) is 0.219. The molecule has 2 aliphatic rings. The minimum Gasteiger partial charge on any atom is -0.494 e. The lowest BCUT2D eigenvalue weighted by Crippen LogP contribution is -2.57. The lowest BCUT2D eigenvalue weighted by Gasteiger charge is -2.43. The minimum atomic E-state index is -0.660. The van der Waals surface area contributed by atoms with Crippen LogP contribution in [0.3, 0.4) is 0 Å². The van der Waals surface area contributed by atoms with Crippen molar-refractivity contribution in [1.29, 1.82) is 0 Å². The molecule has 3 aromatic rings. The number of benzene rings is 2. The van der Waals surface area contributed by atoms with Crippen molar-refractivity contribution in [1.82, 2.24) is 9.88 Å². The standard InChI is InChI=1S/C25H24F2N4O3/c1-33-22-13-23(28)29-14-21(22)30-10-11-31(25(15-30)8-9-25)24(32)19-7-6-18(12-20(19)27)34-17-4-2-16(26)3-5-17/h2-7,12-14H,8-11,15H2,1H3,(H2,28,29). The first-order valence-corrected chi connectivity index (χ1v) is 11.0. The van der Waals surface area contributed by atoms with Crippen LogP contribution in [-0.4, -0.2) is 48.1 Å². The lowest BCUT2D eigenvalue weighted by atomic mass is 10.1. The summed E-state index contributed by atoms with van der Waals surface area (Å²) in [5, 5.41) is 0. The monoisotopic (exact) mass is 466 g/mol. The Morgan fingerprint density at radius 1 is 1.06 bits per heavy atom. The van der Waals surface area contributed by atoms with E-state index in [1.807, 2.05) is 0 Å². The molecule has 0 atom stereocenters. The molecule has 2 aromatic carbocycles. The van der Waals surface area contributed by atoms with Gasteiger partial charge in [-0.25, -0.2) is 13.8 Å². The van der Waals surface area contributed by atoms with Gasteiger partial charge in [-0.1, -0.05) is 0 Å². The zero-order valence-corrected chi connectivity index (χ0v) is 18.6. The van der Waals surface area contributed by atoms with Crippen molar-refractivity contribution in [3.63, 3.8) is 0 Å². The van der Waals surface area contributed by atoms with Crippen LogP contribution in [0.1, 0.15) is 23.2 Å². The zero-order chi connectivity index (χ0) is 23.9. The number of nitrogens with zero attached hydrogens (tertiary/aromatic N) is 3. The second-order valence-corrected chi connectivity index (χ2v) is 8.58. The number of carbonyl (C=O) groups excluding carboxylic acids is 1. The molecule has 1 amide bonds. The number of nitrogens with two attached hydrogens (primary N) is 1. The molecular weight excluding hydrogens is 442 g/mol. The van der Waals surface area contributed by atoms with Gasteiger partial charge in [-0.05, 0) is 49.2 Å². The molecule has 0 unspecified atom stereocenters. The Hall–Kier alpha value is -3.88. The molecule has 1 saturated heterocycles. The van der Waals surface area contributed by atoms with Crippen molar-refractivity contribution in [2.24, 2.45) is 0 Å². The van der Waals surface area contributed by atoms with Crippen LogP contribution in [0.2, 0.25) is 0 Å². The van der Waals surface area contributed by atoms with Crippen molar-refractivity contribution in [2.75, 3.05) is 37.4 Å². The fourth-order valence-corrected chi connectivity index (χ4v) is 4.44. The number of piperazine rings is 1. The zero-order valence-electron chi connectivity index (χ0n) is 18.6. The number of amides is 1. The van der Waals surface area contributed by atoms with Gasteiger partial charge in [0.1, 0.15) is 34.7 Å². The molecule has 176 valence electrons. The van der Waals surface area contributed by atoms with Crippen molar-refractivity contribution < 1.29 is 23.0 Å². The van der Waals surface area contributed by atoms with Gasteiger partial charge in [-0.2, -0.15) is 0 Å². The van der Waals surface area contributed by atoms with Gasteiger partial charge in [0.25, 0.3) is 5.91 Å². The highest BCUT2D eigenvalue weighted by atomic mass is 19.1. The predicted molar refractivity (Wildman–Crippen MR) is 123 cm³/mol. The first kappa shape index (κ1) is 21.9. The minimum absolute atomic E-state index is 0.00193. The first-order valence-electron chi connectivity index (χ1n) is 11.0. The van der Waals surface area contributed by atoms with E-state index in [9.17, 15) is 13.6 Å². The number of rotatable bonds is 5.